The summed E-state index contributed by atoms with van der Waals surface area (Å²) in [5.74, 6) is -3.39. The van der Waals surface area contributed by atoms with Crippen molar-refractivity contribution in [2.75, 3.05) is 5.32 Å². The number of nitrogens with one attached hydrogen (secondary N) is 1. The van der Waals surface area contributed by atoms with Crippen molar-refractivity contribution in [2.24, 2.45) is 0 Å². The third-order valence-electron chi connectivity index (χ3n) is 2.87. The molecule has 2 rings (SSSR count). The van der Waals surface area contributed by atoms with Crippen LogP contribution in [0.2, 0.25) is 0 Å². The van der Waals surface area contributed by atoms with E-state index in [1.807, 2.05) is 0 Å². The van der Waals surface area contributed by atoms with Crippen LogP contribution in [-0.4, -0.2) is 25.6 Å². The standard InChI is InChI=1S/C11H12ClF2NO2S/c12-7-5-9(6-7)15-8-1-3-10(4-2-8)18(16,17)11(13)14/h1-4,7,9,11,15H,5-6H2. The lowest BCUT2D eigenvalue weighted by Gasteiger charge is -2.32. The van der Waals surface area contributed by atoms with Gasteiger partial charge in [0, 0.05) is 17.1 Å². The monoisotopic (exact) mass is 295 g/mol. The van der Waals surface area contributed by atoms with Gasteiger partial charge in [0.25, 0.3) is 0 Å². The van der Waals surface area contributed by atoms with E-state index in [-0.39, 0.29) is 16.3 Å². The summed E-state index contributed by atoms with van der Waals surface area (Å²) in [6.07, 6.45) is 1.69. The molecule has 0 heterocycles. The van der Waals surface area contributed by atoms with Crippen molar-refractivity contribution in [3.63, 3.8) is 0 Å². The van der Waals surface area contributed by atoms with Gasteiger partial charge in [0.2, 0.25) is 9.84 Å². The Bertz CT molecular complexity index is 512. The normalized spacial score (nSPS) is 23.8. The maximum Gasteiger partial charge on any atom is 0.341 e. The summed E-state index contributed by atoms with van der Waals surface area (Å²) in [4.78, 5) is -0.369. The fraction of sp³-hybridized carbons (Fsp3) is 0.455. The van der Waals surface area contributed by atoms with E-state index in [9.17, 15) is 17.2 Å². The largest absolute Gasteiger partial charge is 0.382 e. The molecule has 0 unspecified atom stereocenters. The number of anilines is 1. The lowest BCUT2D eigenvalue weighted by atomic mass is 9.92. The minimum absolute atomic E-state index is 0.181. The quantitative estimate of drug-likeness (QED) is 0.869. The molecule has 0 radical (unpaired) electrons. The molecule has 1 aromatic rings. The maximum absolute atomic E-state index is 12.3. The molecule has 1 fully saturated rings. The second kappa shape index (κ2) is 5.01. The van der Waals surface area contributed by atoms with Crippen LogP contribution in [0.5, 0.6) is 0 Å². The van der Waals surface area contributed by atoms with Gasteiger partial charge in [0.1, 0.15) is 0 Å². The van der Waals surface area contributed by atoms with Crippen LogP contribution in [0.4, 0.5) is 14.5 Å². The van der Waals surface area contributed by atoms with E-state index in [4.69, 9.17) is 11.6 Å². The molecular formula is C11H12ClF2NO2S. The molecule has 1 saturated carbocycles. The Morgan fingerprint density at radius 2 is 1.78 bits per heavy atom. The summed E-state index contributed by atoms with van der Waals surface area (Å²) < 4.78 is 47.0. The average Bonchev–Trinajstić information content (AvgIpc) is 2.27. The van der Waals surface area contributed by atoms with Gasteiger partial charge in [-0.05, 0) is 37.1 Å². The van der Waals surface area contributed by atoms with Crippen LogP contribution < -0.4 is 5.32 Å². The van der Waals surface area contributed by atoms with Crippen LogP contribution in [0.25, 0.3) is 0 Å². The molecule has 0 bridgehead atoms. The van der Waals surface area contributed by atoms with Crippen molar-refractivity contribution in [1.82, 2.24) is 0 Å². The summed E-state index contributed by atoms with van der Waals surface area (Å²) in [5.41, 5.74) is 0.705. The van der Waals surface area contributed by atoms with E-state index < -0.39 is 15.6 Å². The minimum Gasteiger partial charge on any atom is -0.382 e. The molecule has 1 aromatic carbocycles. The lowest BCUT2D eigenvalue weighted by Crippen LogP contribution is -2.35. The minimum atomic E-state index is -4.50. The molecule has 0 spiro atoms. The molecule has 7 heteroatoms. The Kier molecular flexibility index (Phi) is 3.77. The number of rotatable bonds is 4. The molecule has 0 aromatic heterocycles. The van der Waals surface area contributed by atoms with Gasteiger partial charge in [-0.3, -0.25) is 0 Å². The van der Waals surface area contributed by atoms with E-state index in [0.29, 0.717) is 5.69 Å². The average molecular weight is 296 g/mol. The molecule has 3 nitrogen and oxygen atoms in total. The van der Waals surface area contributed by atoms with Crippen molar-refractivity contribution in [3.8, 4) is 0 Å². The van der Waals surface area contributed by atoms with E-state index in [1.54, 1.807) is 0 Å². The van der Waals surface area contributed by atoms with Crippen molar-refractivity contribution in [3.05, 3.63) is 24.3 Å². The number of hydrogen-bond donors (Lipinski definition) is 1. The molecule has 18 heavy (non-hydrogen) atoms. The van der Waals surface area contributed by atoms with E-state index in [2.05, 4.69) is 5.32 Å². The number of alkyl halides is 3. The number of hydrogen-bond acceptors (Lipinski definition) is 3. The van der Waals surface area contributed by atoms with Crippen LogP contribution in [0, 0.1) is 0 Å². The Morgan fingerprint density at radius 1 is 1.22 bits per heavy atom. The smallest absolute Gasteiger partial charge is 0.341 e. The van der Waals surface area contributed by atoms with Gasteiger partial charge in [-0.15, -0.1) is 11.6 Å². The highest BCUT2D eigenvalue weighted by molar-refractivity contribution is 7.91. The zero-order chi connectivity index (χ0) is 13.3. The first-order valence-electron chi connectivity index (χ1n) is 5.42. The number of benzene rings is 1. The Balaban J connectivity index is 2.06. The second-order valence-corrected chi connectivity index (χ2v) is 6.77. The van der Waals surface area contributed by atoms with Crippen LogP contribution in [0.3, 0.4) is 0 Å². The number of sulfone groups is 1. The van der Waals surface area contributed by atoms with Gasteiger partial charge in [0.15, 0.2) is 0 Å². The highest BCUT2D eigenvalue weighted by Crippen LogP contribution is 2.29. The Labute approximate surface area is 109 Å². The first-order chi connectivity index (χ1) is 8.39. The summed E-state index contributed by atoms with van der Waals surface area (Å²) in [6.45, 7) is 0. The third-order valence-corrected chi connectivity index (χ3v) is 4.62. The fourth-order valence-electron chi connectivity index (χ4n) is 1.75. The van der Waals surface area contributed by atoms with Gasteiger partial charge in [-0.2, -0.15) is 8.78 Å². The van der Waals surface area contributed by atoms with E-state index in [1.165, 1.54) is 24.3 Å². The second-order valence-electron chi connectivity index (χ2n) is 4.24. The van der Waals surface area contributed by atoms with Crippen LogP contribution in [0.15, 0.2) is 29.2 Å². The molecule has 0 saturated heterocycles. The van der Waals surface area contributed by atoms with Crippen molar-refractivity contribution < 1.29 is 17.2 Å². The Morgan fingerprint density at radius 3 is 2.22 bits per heavy atom. The Hall–Kier alpha value is -0.880. The molecule has 0 aliphatic heterocycles. The lowest BCUT2D eigenvalue weighted by molar-refractivity contribution is 0.234. The highest BCUT2D eigenvalue weighted by atomic mass is 35.5. The summed E-state index contributed by atoms with van der Waals surface area (Å²) in [6, 6.07) is 5.60. The van der Waals surface area contributed by atoms with Crippen molar-refractivity contribution in [1.29, 1.82) is 0 Å². The van der Waals surface area contributed by atoms with Crippen LogP contribution in [-0.2, 0) is 9.84 Å². The molecule has 1 aliphatic rings. The molecule has 0 atom stereocenters. The highest BCUT2D eigenvalue weighted by Gasteiger charge is 2.28. The predicted molar refractivity (Wildman–Crippen MR) is 65.9 cm³/mol. The van der Waals surface area contributed by atoms with Gasteiger partial charge in [0.05, 0.1) is 4.90 Å². The first kappa shape index (κ1) is 13.5. The molecular weight excluding hydrogens is 284 g/mol. The van der Waals surface area contributed by atoms with Crippen molar-refractivity contribution >= 4 is 27.1 Å². The first-order valence-corrected chi connectivity index (χ1v) is 7.40. The summed E-state index contributed by atoms with van der Waals surface area (Å²) >= 11 is 5.83. The van der Waals surface area contributed by atoms with Crippen molar-refractivity contribution in [2.45, 2.75) is 34.9 Å². The molecule has 0 amide bonds. The van der Waals surface area contributed by atoms with Crippen LogP contribution in [0.1, 0.15) is 12.8 Å². The zero-order valence-electron chi connectivity index (χ0n) is 9.31. The molecule has 100 valence electrons. The summed E-state index contributed by atoms with van der Waals surface area (Å²) in [5, 5.41) is 3.33. The SMILES string of the molecule is O=S(=O)(c1ccc(NC2CC(Cl)C2)cc1)C(F)F. The van der Waals surface area contributed by atoms with Gasteiger partial charge in [-0.1, -0.05) is 0 Å². The summed E-state index contributed by atoms with van der Waals surface area (Å²) in [7, 11) is -4.50. The van der Waals surface area contributed by atoms with Gasteiger partial charge >= 0.3 is 5.76 Å². The topological polar surface area (TPSA) is 46.2 Å². The van der Waals surface area contributed by atoms with E-state index in [0.717, 1.165) is 12.8 Å². The maximum atomic E-state index is 12.3. The number of halogens is 3. The third kappa shape index (κ3) is 2.75. The predicted octanol–water partition coefficient (Wildman–Crippen LogP) is 2.86. The molecule has 1 N–H and O–H groups in total. The fourth-order valence-corrected chi connectivity index (χ4v) is 2.90. The van der Waals surface area contributed by atoms with Gasteiger partial charge < -0.3 is 5.32 Å². The molecule has 1 aliphatic carbocycles. The zero-order valence-corrected chi connectivity index (χ0v) is 10.9. The van der Waals surface area contributed by atoms with Gasteiger partial charge in [-0.25, -0.2) is 8.42 Å². The van der Waals surface area contributed by atoms with Crippen LogP contribution >= 0.6 is 11.6 Å². The van der Waals surface area contributed by atoms with E-state index >= 15 is 0 Å².